The molecule has 0 saturated heterocycles. The molecule has 1 N–H and O–H groups in total. The third-order valence-corrected chi connectivity index (χ3v) is 7.80. The molecule has 1 aliphatic rings. The molecule has 1 aliphatic heterocycles. The Morgan fingerprint density at radius 3 is 1.93 bits per heavy atom. The first kappa shape index (κ1) is 36.5. The van der Waals surface area contributed by atoms with E-state index in [1.54, 1.807) is 28.4 Å². The van der Waals surface area contributed by atoms with Crippen LogP contribution in [0.3, 0.4) is 0 Å². The van der Waals surface area contributed by atoms with Crippen molar-refractivity contribution in [1.29, 1.82) is 0 Å². The van der Waals surface area contributed by atoms with Crippen molar-refractivity contribution >= 4 is 11.9 Å². The van der Waals surface area contributed by atoms with Crippen LogP contribution >= 0.6 is 0 Å². The summed E-state index contributed by atoms with van der Waals surface area (Å²) >= 11 is 0. The lowest BCUT2D eigenvalue weighted by atomic mass is 9.85. The van der Waals surface area contributed by atoms with Crippen molar-refractivity contribution in [3.05, 3.63) is 34.9 Å². The first-order valence-electron chi connectivity index (χ1n) is 13.6. The minimum Gasteiger partial charge on any atom is -1.00 e. The number of methoxy groups -OCH3 is 6. The highest BCUT2D eigenvalue weighted by Crippen LogP contribution is 2.51. The molecule has 0 saturated carbocycles. The summed E-state index contributed by atoms with van der Waals surface area (Å²) in [5.41, 5.74) is 2.81. The van der Waals surface area contributed by atoms with Crippen LogP contribution in [-0.4, -0.2) is 96.9 Å². The molecule has 0 aromatic heterocycles. The Bertz CT molecular complexity index is 1300. The van der Waals surface area contributed by atoms with Gasteiger partial charge in [0.2, 0.25) is 11.5 Å². The number of halogens is 3. The van der Waals surface area contributed by atoms with Gasteiger partial charge in [-0.1, -0.05) is 0 Å². The number of fused-ring (bicyclic) bond motifs is 1. The molecule has 0 radical (unpaired) electrons. The number of hydrogen-bond donors (Lipinski definition) is 1. The Morgan fingerprint density at radius 1 is 0.886 bits per heavy atom. The minimum absolute atomic E-state index is 0. The van der Waals surface area contributed by atoms with Gasteiger partial charge in [0.25, 0.3) is 0 Å². The summed E-state index contributed by atoms with van der Waals surface area (Å²) < 4.78 is 66.8. The summed E-state index contributed by atoms with van der Waals surface area (Å²) in [7, 11) is 11.3. The van der Waals surface area contributed by atoms with Gasteiger partial charge in [-0.15, -0.1) is 0 Å². The highest BCUT2D eigenvalue weighted by Gasteiger charge is 2.45. The maximum atomic E-state index is 13.9. The van der Waals surface area contributed by atoms with Crippen LogP contribution in [0.25, 0.3) is 0 Å². The number of carbonyl (C=O) groups excluding carboxylic acids is 1. The van der Waals surface area contributed by atoms with E-state index in [1.807, 2.05) is 25.2 Å². The molecular formula is C30H40ClF2NO10. The standard InChI is InChI=1S/C30H39F2NO10.ClH/c1-33(10-8-12-43-29(36)30(31,32)17-24(34)35)11-9-19-16-23(39-4)27(41-6)28(42-7)25(19)20(33)13-18-14-21(37-2)26(40-5)22(15-18)38-3;/h14-16,20H,8-13,17H2,1-7H3;1H/t20-,33-;/m1./s1. The van der Waals surface area contributed by atoms with E-state index in [9.17, 15) is 18.4 Å². The van der Waals surface area contributed by atoms with Crippen LogP contribution in [0.5, 0.6) is 34.5 Å². The van der Waals surface area contributed by atoms with Crippen molar-refractivity contribution in [2.75, 3.05) is 69.4 Å². The van der Waals surface area contributed by atoms with Crippen molar-refractivity contribution < 1.29 is 73.5 Å². The summed E-state index contributed by atoms with van der Waals surface area (Å²) in [5.74, 6) is -4.79. The number of hydrogen-bond acceptors (Lipinski definition) is 9. The SMILES string of the molecule is COc1cc(C[C@@H]2c3c(cc(OC)c(OC)c3OC)CC[N@@+]2(C)CCCOC(=O)C(F)(F)CC(=O)O)cc(OC)c1OC.[Cl-]. The Labute approximate surface area is 261 Å². The first-order chi connectivity index (χ1) is 20.4. The molecule has 11 nitrogen and oxygen atoms in total. The molecule has 2 aromatic carbocycles. The van der Waals surface area contributed by atoms with Gasteiger partial charge in [0.05, 0.1) is 75.0 Å². The molecule has 0 unspecified atom stereocenters. The number of carboxylic acid groups (broad SMARTS) is 1. The van der Waals surface area contributed by atoms with E-state index in [1.165, 1.54) is 14.2 Å². The van der Waals surface area contributed by atoms with Gasteiger partial charge in [-0.05, 0) is 29.3 Å². The lowest BCUT2D eigenvalue weighted by Crippen LogP contribution is -3.00. The number of ether oxygens (including phenoxy) is 7. The number of aliphatic carboxylic acids is 1. The monoisotopic (exact) mass is 647 g/mol. The van der Waals surface area contributed by atoms with Crippen LogP contribution in [0.15, 0.2) is 18.2 Å². The van der Waals surface area contributed by atoms with Crippen LogP contribution in [0.1, 0.15) is 35.6 Å². The molecule has 0 fully saturated rings. The maximum absolute atomic E-state index is 13.9. The first-order valence-corrected chi connectivity index (χ1v) is 13.6. The lowest BCUT2D eigenvalue weighted by molar-refractivity contribution is -0.941. The predicted octanol–water partition coefficient (Wildman–Crippen LogP) is 1.07. The molecule has 2 aromatic rings. The Kier molecular flexibility index (Phi) is 12.7. The molecule has 2 atom stereocenters. The maximum Gasteiger partial charge on any atom is 0.377 e. The second kappa shape index (κ2) is 15.3. The average molecular weight is 648 g/mol. The molecule has 44 heavy (non-hydrogen) atoms. The van der Waals surface area contributed by atoms with Crippen molar-refractivity contribution in [3.63, 3.8) is 0 Å². The van der Waals surface area contributed by atoms with E-state index >= 15 is 0 Å². The number of nitrogens with zero attached hydrogens (tertiary/aromatic N) is 1. The topological polar surface area (TPSA) is 119 Å². The highest BCUT2D eigenvalue weighted by atomic mass is 35.5. The molecule has 0 spiro atoms. The number of carbonyl (C=O) groups is 2. The van der Waals surface area contributed by atoms with Crippen LogP contribution in [0.2, 0.25) is 0 Å². The number of likely N-dealkylation sites (N-methyl/N-ethyl adjacent to an activating group) is 1. The van der Waals surface area contributed by atoms with Crippen LogP contribution in [0, 0.1) is 0 Å². The van der Waals surface area contributed by atoms with Crippen molar-refractivity contribution in [2.45, 2.75) is 37.6 Å². The smallest absolute Gasteiger partial charge is 0.377 e. The van der Waals surface area contributed by atoms with Gasteiger partial charge >= 0.3 is 17.9 Å². The summed E-state index contributed by atoms with van der Waals surface area (Å²) in [4.78, 5) is 22.6. The fraction of sp³-hybridized carbons (Fsp3) is 0.533. The van der Waals surface area contributed by atoms with E-state index in [4.69, 9.17) is 38.3 Å². The zero-order chi connectivity index (χ0) is 31.9. The second-order valence-electron chi connectivity index (χ2n) is 10.4. The average Bonchev–Trinajstić information content (AvgIpc) is 2.98. The summed E-state index contributed by atoms with van der Waals surface area (Å²) in [5, 5.41) is 8.67. The van der Waals surface area contributed by atoms with E-state index in [2.05, 4.69) is 0 Å². The van der Waals surface area contributed by atoms with E-state index < -0.39 is 24.3 Å². The third kappa shape index (κ3) is 7.68. The third-order valence-electron chi connectivity index (χ3n) is 7.80. The fourth-order valence-corrected chi connectivity index (χ4v) is 5.67. The number of esters is 1. The number of carboxylic acids is 1. The lowest BCUT2D eigenvalue weighted by Gasteiger charge is -2.46. The van der Waals surface area contributed by atoms with Crippen LogP contribution < -0.4 is 40.8 Å². The van der Waals surface area contributed by atoms with Gasteiger partial charge in [0.15, 0.2) is 23.0 Å². The molecular weight excluding hydrogens is 608 g/mol. The van der Waals surface area contributed by atoms with E-state index in [0.717, 1.165) is 16.7 Å². The van der Waals surface area contributed by atoms with E-state index in [0.29, 0.717) is 64.9 Å². The molecule has 0 aliphatic carbocycles. The fourth-order valence-electron chi connectivity index (χ4n) is 5.67. The quantitative estimate of drug-likeness (QED) is 0.171. The van der Waals surface area contributed by atoms with Gasteiger partial charge in [0.1, 0.15) is 12.5 Å². The number of quaternary nitrogens is 1. The Hall–Kier alpha value is -3.71. The zero-order valence-corrected chi connectivity index (χ0v) is 26.7. The molecule has 246 valence electrons. The van der Waals surface area contributed by atoms with Gasteiger partial charge in [-0.25, -0.2) is 4.79 Å². The Morgan fingerprint density at radius 2 is 1.43 bits per heavy atom. The summed E-state index contributed by atoms with van der Waals surface area (Å²) in [6.07, 6.45) is -0.228. The van der Waals surface area contributed by atoms with Gasteiger partial charge in [0, 0.05) is 19.3 Å². The van der Waals surface area contributed by atoms with E-state index in [-0.39, 0.29) is 31.5 Å². The molecule has 1 heterocycles. The molecule has 0 bridgehead atoms. The predicted molar refractivity (Wildman–Crippen MR) is 151 cm³/mol. The Balaban J connectivity index is 0.00000675. The van der Waals surface area contributed by atoms with Gasteiger partial charge < -0.3 is 55.2 Å². The normalized spacial score (nSPS) is 17.4. The highest BCUT2D eigenvalue weighted by molar-refractivity contribution is 5.83. The number of alkyl halides is 2. The number of benzene rings is 2. The summed E-state index contributed by atoms with van der Waals surface area (Å²) in [6.45, 7) is 0.822. The largest absolute Gasteiger partial charge is 1.00 e. The number of rotatable bonds is 15. The van der Waals surface area contributed by atoms with Gasteiger partial charge in [-0.3, -0.25) is 4.79 Å². The molecule has 14 heteroatoms. The van der Waals surface area contributed by atoms with Gasteiger partial charge in [-0.2, -0.15) is 8.78 Å². The van der Waals surface area contributed by atoms with Crippen LogP contribution in [0.4, 0.5) is 8.78 Å². The van der Waals surface area contributed by atoms with Crippen molar-refractivity contribution in [3.8, 4) is 34.5 Å². The molecule has 0 amide bonds. The molecule has 3 rings (SSSR count). The van der Waals surface area contributed by atoms with Crippen molar-refractivity contribution in [1.82, 2.24) is 0 Å². The summed E-state index contributed by atoms with van der Waals surface area (Å²) in [6, 6.07) is 5.46. The second-order valence-corrected chi connectivity index (χ2v) is 10.4. The van der Waals surface area contributed by atoms with Crippen LogP contribution in [-0.2, 0) is 27.2 Å². The zero-order valence-electron chi connectivity index (χ0n) is 26.0. The van der Waals surface area contributed by atoms with Crippen molar-refractivity contribution in [2.24, 2.45) is 0 Å². The minimum atomic E-state index is -4.10.